The predicted molar refractivity (Wildman–Crippen MR) is 116 cm³/mol. The molecule has 4 heteroatoms. The van der Waals surface area contributed by atoms with Crippen LogP contribution in [0, 0.1) is 5.92 Å². The van der Waals surface area contributed by atoms with E-state index in [1.54, 1.807) is 0 Å². The van der Waals surface area contributed by atoms with Gasteiger partial charge >= 0.3 is 5.97 Å². The number of piperidine rings is 1. The van der Waals surface area contributed by atoms with Crippen molar-refractivity contribution in [3.05, 3.63) is 65.7 Å². The molecule has 1 saturated heterocycles. The molecule has 0 radical (unpaired) electrons. The zero-order valence-electron chi connectivity index (χ0n) is 17.5. The first-order valence-electron chi connectivity index (χ1n) is 10.8. The van der Waals surface area contributed by atoms with Gasteiger partial charge in [0.05, 0.1) is 19.6 Å². The Morgan fingerprint density at radius 1 is 0.966 bits per heavy atom. The highest BCUT2D eigenvalue weighted by Crippen LogP contribution is 2.21. The summed E-state index contributed by atoms with van der Waals surface area (Å²) in [5.74, 6) is 1.05. The number of ether oxygens (including phenoxy) is 2. The number of esters is 1. The van der Waals surface area contributed by atoms with Gasteiger partial charge in [-0.1, -0.05) is 48.5 Å². The van der Waals surface area contributed by atoms with Gasteiger partial charge in [0.1, 0.15) is 5.75 Å². The second-order valence-corrected chi connectivity index (χ2v) is 7.79. The third-order valence-electron chi connectivity index (χ3n) is 5.75. The molecule has 0 bridgehead atoms. The van der Waals surface area contributed by atoms with Crippen molar-refractivity contribution in [2.45, 2.75) is 38.5 Å². The first kappa shape index (κ1) is 21.4. The normalized spacial score (nSPS) is 15.2. The number of carbonyl (C=O) groups is 1. The summed E-state index contributed by atoms with van der Waals surface area (Å²) < 4.78 is 11.0. The molecule has 29 heavy (non-hydrogen) atoms. The summed E-state index contributed by atoms with van der Waals surface area (Å²) >= 11 is 0. The molecule has 0 aromatic heterocycles. The average Bonchev–Trinajstić information content (AvgIpc) is 2.78. The summed E-state index contributed by atoms with van der Waals surface area (Å²) in [6, 6.07) is 19.0. The molecule has 0 spiro atoms. The molecule has 3 rings (SSSR count). The predicted octanol–water partition coefficient (Wildman–Crippen LogP) is 4.52. The van der Waals surface area contributed by atoms with Crippen molar-refractivity contribution in [3.8, 4) is 5.75 Å². The van der Waals surface area contributed by atoms with Gasteiger partial charge in [-0.25, -0.2) is 0 Å². The van der Waals surface area contributed by atoms with Crippen molar-refractivity contribution in [1.82, 2.24) is 4.90 Å². The Morgan fingerprint density at radius 2 is 1.69 bits per heavy atom. The molecule has 0 saturated carbocycles. The van der Waals surface area contributed by atoms with Crippen molar-refractivity contribution >= 4 is 5.97 Å². The second kappa shape index (κ2) is 11.6. The van der Waals surface area contributed by atoms with Gasteiger partial charge in [-0.3, -0.25) is 4.79 Å². The number of aryl methyl sites for hydroxylation is 2. The van der Waals surface area contributed by atoms with Crippen molar-refractivity contribution in [2.24, 2.45) is 5.92 Å². The fourth-order valence-corrected chi connectivity index (χ4v) is 3.95. The first-order chi connectivity index (χ1) is 14.3. The number of methoxy groups -OCH3 is 1. The van der Waals surface area contributed by atoms with E-state index in [-0.39, 0.29) is 11.9 Å². The van der Waals surface area contributed by atoms with Crippen molar-refractivity contribution in [2.75, 3.05) is 33.4 Å². The number of para-hydroxylation sites is 1. The van der Waals surface area contributed by atoms with Crippen LogP contribution in [-0.2, 0) is 22.4 Å². The molecule has 156 valence electrons. The fraction of sp³-hybridized carbons (Fsp3) is 0.480. The number of likely N-dealkylation sites (tertiary alicyclic amines) is 1. The average molecular weight is 396 g/mol. The van der Waals surface area contributed by atoms with E-state index in [0.717, 1.165) is 70.5 Å². The zero-order valence-corrected chi connectivity index (χ0v) is 17.5. The molecule has 4 nitrogen and oxygen atoms in total. The SMILES string of the molecule is COC(=O)C1CCN(CCCCOc2ccccc2CCc2ccccc2)CC1. The Bertz CT molecular complexity index is 739. The van der Waals surface area contributed by atoms with Crippen LogP contribution in [0.15, 0.2) is 54.6 Å². The van der Waals surface area contributed by atoms with Gasteiger partial charge in [0.25, 0.3) is 0 Å². The van der Waals surface area contributed by atoms with E-state index in [1.165, 1.54) is 18.2 Å². The summed E-state index contributed by atoms with van der Waals surface area (Å²) in [7, 11) is 1.48. The number of nitrogens with zero attached hydrogens (tertiary/aromatic N) is 1. The lowest BCUT2D eigenvalue weighted by Gasteiger charge is -2.30. The van der Waals surface area contributed by atoms with Gasteiger partial charge in [-0.15, -0.1) is 0 Å². The lowest BCUT2D eigenvalue weighted by atomic mass is 9.97. The summed E-state index contributed by atoms with van der Waals surface area (Å²) in [5.41, 5.74) is 2.64. The van der Waals surface area contributed by atoms with E-state index < -0.39 is 0 Å². The molecule has 0 aliphatic carbocycles. The summed E-state index contributed by atoms with van der Waals surface area (Å²) in [5, 5.41) is 0. The molecule has 0 unspecified atom stereocenters. The smallest absolute Gasteiger partial charge is 0.308 e. The van der Waals surface area contributed by atoms with Crippen LogP contribution in [0.3, 0.4) is 0 Å². The minimum Gasteiger partial charge on any atom is -0.493 e. The largest absolute Gasteiger partial charge is 0.493 e. The van der Waals surface area contributed by atoms with E-state index in [0.29, 0.717) is 0 Å². The van der Waals surface area contributed by atoms with Gasteiger partial charge in [-0.05, 0) is 75.4 Å². The Hall–Kier alpha value is -2.33. The molecule has 1 aliphatic rings. The van der Waals surface area contributed by atoms with Crippen LogP contribution >= 0.6 is 0 Å². The molecule has 0 amide bonds. The van der Waals surface area contributed by atoms with E-state index in [9.17, 15) is 4.79 Å². The van der Waals surface area contributed by atoms with Crippen molar-refractivity contribution in [3.63, 3.8) is 0 Å². The minimum atomic E-state index is -0.0519. The lowest BCUT2D eigenvalue weighted by Crippen LogP contribution is -2.37. The lowest BCUT2D eigenvalue weighted by molar-refractivity contribution is -0.147. The number of unbranched alkanes of at least 4 members (excludes halogenated alkanes) is 1. The zero-order chi connectivity index (χ0) is 20.3. The molecule has 1 heterocycles. The summed E-state index contributed by atoms with van der Waals surface area (Å²) in [6.07, 6.45) is 6.02. The van der Waals surface area contributed by atoms with Crippen LogP contribution in [0.2, 0.25) is 0 Å². The fourth-order valence-electron chi connectivity index (χ4n) is 3.95. The second-order valence-electron chi connectivity index (χ2n) is 7.79. The maximum Gasteiger partial charge on any atom is 0.308 e. The molecule has 1 fully saturated rings. The molecule has 0 N–H and O–H groups in total. The minimum absolute atomic E-state index is 0.0519. The highest BCUT2D eigenvalue weighted by atomic mass is 16.5. The summed E-state index contributed by atoms with van der Waals surface area (Å²) in [4.78, 5) is 14.1. The van der Waals surface area contributed by atoms with Crippen LogP contribution in [0.25, 0.3) is 0 Å². The number of hydrogen-bond acceptors (Lipinski definition) is 4. The number of carbonyl (C=O) groups excluding carboxylic acids is 1. The van der Waals surface area contributed by atoms with Gasteiger partial charge in [-0.2, -0.15) is 0 Å². The van der Waals surface area contributed by atoms with Crippen LogP contribution < -0.4 is 4.74 Å². The maximum absolute atomic E-state index is 11.6. The Labute approximate surface area is 174 Å². The topological polar surface area (TPSA) is 38.8 Å². The number of rotatable bonds is 10. The van der Waals surface area contributed by atoms with Crippen LogP contribution in [-0.4, -0.2) is 44.2 Å². The molecule has 1 aliphatic heterocycles. The highest BCUT2D eigenvalue weighted by molar-refractivity contribution is 5.72. The van der Waals surface area contributed by atoms with Gasteiger partial charge < -0.3 is 14.4 Å². The van der Waals surface area contributed by atoms with Gasteiger partial charge in [0, 0.05) is 0 Å². The Balaban J connectivity index is 1.34. The monoisotopic (exact) mass is 395 g/mol. The van der Waals surface area contributed by atoms with E-state index in [4.69, 9.17) is 9.47 Å². The van der Waals surface area contributed by atoms with E-state index in [2.05, 4.69) is 53.4 Å². The molecular formula is C25H33NO3. The maximum atomic E-state index is 11.6. The van der Waals surface area contributed by atoms with Gasteiger partial charge in [0.15, 0.2) is 0 Å². The molecule has 0 atom stereocenters. The molecular weight excluding hydrogens is 362 g/mol. The quantitative estimate of drug-likeness (QED) is 0.438. The first-order valence-corrected chi connectivity index (χ1v) is 10.8. The van der Waals surface area contributed by atoms with Crippen LogP contribution in [0.4, 0.5) is 0 Å². The van der Waals surface area contributed by atoms with E-state index >= 15 is 0 Å². The highest BCUT2D eigenvalue weighted by Gasteiger charge is 2.25. The van der Waals surface area contributed by atoms with Gasteiger partial charge in [0.2, 0.25) is 0 Å². The number of hydrogen-bond donors (Lipinski definition) is 0. The Kier molecular flexibility index (Phi) is 8.57. The Morgan fingerprint density at radius 3 is 2.45 bits per heavy atom. The summed E-state index contributed by atoms with van der Waals surface area (Å²) in [6.45, 7) is 3.81. The van der Waals surface area contributed by atoms with Crippen molar-refractivity contribution < 1.29 is 14.3 Å². The van der Waals surface area contributed by atoms with E-state index in [1.807, 2.05) is 6.07 Å². The number of benzene rings is 2. The van der Waals surface area contributed by atoms with Crippen LogP contribution in [0.1, 0.15) is 36.8 Å². The third kappa shape index (κ3) is 6.90. The third-order valence-corrected chi connectivity index (χ3v) is 5.75. The standard InChI is InChI=1S/C25H33NO3/c1-28-25(27)23-15-18-26(19-16-23)17-7-8-20-29-24-12-6-5-11-22(24)14-13-21-9-3-2-4-10-21/h2-6,9-12,23H,7-8,13-20H2,1H3. The van der Waals surface area contributed by atoms with Crippen molar-refractivity contribution in [1.29, 1.82) is 0 Å². The molecule has 2 aromatic rings. The van der Waals surface area contributed by atoms with Crippen LogP contribution in [0.5, 0.6) is 5.75 Å². The molecule has 2 aromatic carbocycles.